The topological polar surface area (TPSA) is 55.8 Å². The van der Waals surface area contributed by atoms with Crippen molar-refractivity contribution in [3.05, 3.63) is 90.5 Å². The fraction of sp³-hybridized carbons (Fsp3) is 0.125. The van der Waals surface area contributed by atoms with E-state index in [-0.39, 0.29) is 6.61 Å². The average molecular weight is 374 g/mol. The molecule has 0 saturated heterocycles. The summed E-state index contributed by atoms with van der Waals surface area (Å²) >= 11 is 0. The van der Waals surface area contributed by atoms with Crippen molar-refractivity contribution in [1.29, 1.82) is 0 Å². The maximum absolute atomic E-state index is 12.3. The van der Waals surface area contributed by atoms with E-state index in [1.54, 1.807) is 12.1 Å². The quantitative estimate of drug-likeness (QED) is 0.268. The van der Waals surface area contributed by atoms with E-state index in [9.17, 15) is 4.79 Å². The van der Waals surface area contributed by atoms with E-state index >= 15 is 0 Å². The van der Waals surface area contributed by atoms with Gasteiger partial charge in [0.15, 0.2) is 0 Å². The van der Waals surface area contributed by atoms with Gasteiger partial charge in [-0.2, -0.15) is 0 Å². The van der Waals surface area contributed by atoms with Gasteiger partial charge in [0.25, 0.3) is 0 Å². The fourth-order valence-electron chi connectivity index (χ4n) is 2.65. The molecule has 4 heteroatoms. The van der Waals surface area contributed by atoms with Crippen molar-refractivity contribution >= 4 is 12.0 Å². The lowest BCUT2D eigenvalue weighted by Gasteiger charge is -2.09. The molecule has 4 nitrogen and oxygen atoms in total. The Morgan fingerprint density at radius 1 is 0.893 bits per heavy atom. The number of aliphatic hydroxyl groups excluding tert-OH is 1. The Morgan fingerprint density at radius 3 is 2.36 bits per heavy atom. The molecule has 0 aliphatic heterocycles. The minimum absolute atomic E-state index is 0.107. The van der Waals surface area contributed by atoms with E-state index in [0.29, 0.717) is 18.8 Å². The van der Waals surface area contributed by atoms with E-state index in [0.717, 1.165) is 22.4 Å². The summed E-state index contributed by atoms with van der Waals surface area (Å²) in [5.41, 5.74) is 2.73. The SMILES string of the molecule is O=C(C=Cc1ccc(OCCCO)cc1)Oc1ccccc1-c1ccccc1. The molecule has 0 amide bonds. The van der Waals surface area contributed by atoms with Gasteiger partial charge >= 0.3 is 5.97 Å². The Hall–Kier alpha value is -3.37. The van der Waals surface area contributed by atoms with Crippen LogP contribution in [-0.4, -0.2) is 24.3 Å². The molecule has 0 unspecified atom stereocenters. The fourth-order valence-corrected chi connectivity index (χ4v) is 2.65. The Kier molecular flexibility index (Phi) is 6.99. The highest BCUT2D eigenvalue weighted by molar-refractivity contribution is 5.90. The van der Waals surface area contributed by atoms with E-state index in [4.69, 9.17) is 14.6 Å². The van der Waals surface area contributed by atoms with E-state index < -0.39 is 5.97 Å². The predicted octanol–water partition coefficient (Wildman–Crippen LogP) is 4.73. The van der Waals surface area contributed by atoms with Crippen LogP contribution in [0.5, 0.6) is 11.5 Å². The van der Waals surface area contributed by atoms with Gasteiger partial charge in [0.1, 0.15) is 11.5 Å². The van der Waals surface area contributed by atoms with Gasteiger partial charge in [-0.3, -0.25) is 0 Å². The third-order valence-corrected chi connectivity index (χ3v) is 4.05. The third-order valence-electron chi connectivity index (χ3n) is 4.05. The molecule has 28 heavy (non-hydrogen) atoms. The molecule has 0 aliphatic carbocycles. The molecule has 1 N–H and O–H groups in total. The number of aliphatic hydroxyl groups is 1. The number of ether oxygens (including phenoxy) is 2. The number of hydrogen-bond acceptors (Lipinski definition) is 4. The van der Waals surface area contributed by atoms with Crippen molar-refractivity contribution in [2.24, 2.45) is 0 Å². The number of carbonyl (C=O) groups excluding carboxylic acids is 1. The molecular formula is C24H22O4. The third kappa shape index (κ3) is 5.56. The summed E-state index contributed by atoms with van der Waals surface area (Å²) in [5.74, 6) is 0.813. The maximum atomic E-state index is 12.3. The standard InChI is InChI=1S/C24H22O4/c25-17-6-18-27-21-14-11-19(12-15-21)13-16-24(26)28-23-10-5-4-9-22(23)20-7-2-1-3-8-20/h1-5,7-16,25H,6,17-18H2. The minimum Gasteiger partial charge on any atom is -0.494 e. The Morgan fingerprint density at radius 2 is 1.61 bits per heavy atom. The average Bonchev–Trinajstić information content (AvgIpc) is 2.74. The largest absolute Gasteiger partial charge is 0.494 e. The minimum atomic E-state index is -0.438. The molecule has 0 fully saturated rings. The Bertz CT molecular complexity index is 915. The van der Waals surface area contributed by atoms with Crippen LogP contribution in [0.1, 0.15) is 12.0 Å². The van der Waals surface area contributed by atoms with Gasteiger partial charge in [-0.25, -0.2) is 4.79 Å². The molecule has 0 atom stereocenters. The zero-order chi connectivity index (χ0) is 19.6. The zero-order valence-corrected chi connectivity index (χ0v) is 15.5. The molecule has 3 aromatic rings. The molecule has 0 aliphatic rings. The molecular weight excluding hydrogens is 352 g/mol. The van der Waals surface area contributed by atoms with Crippen LogP contribution in [0.2, 0.25) is 0 Å². The van der Waals surface area contributed by atoms with Gasteiger partial charge in [0.2, 0.25) is 0 Å². The zero-order valence-electron chi connectivity index (χ0n) is 15.5. The van der Waals surface area contributed by atoms with Crippen LogP contribution in [0.15, 0.2) is 84.9 Å². The number of benzene rings is 3. The van der Waals surface area contributed by atoms with Crippen LogP contribution < -0.4 is 9.47 Å². The lowest BCUT2D eigenvalue weighted by molar-refractivity contribution is -0.128. The van der Waals surface area contributed by atoms with Crippen LogP contribution in [0.3, 0.4) is 0 Å². The van der Waals surface area contributed by atoms with Gasteiger partial charge in [0.05, 0.1) is 6.61 Å². The van der Waals surface area contributed by atoms with Crippen molar-refractivity contribution in [3.8, 4) is 22.6 Å². The normalized spacial score (nSPS) is 10.8. The molecule has 0 aromatic heterocycles. The number of carbonyl (C=O) groups is 1. The van der Waals surface area contributed by atoms with Crippen LogP contribution in [0.4, 0.5) is 0 Å². The first-order chi connectivity index (χ1) is 13.8. The number of esters is 1. The summed E-state index contributed by atoms with van der Waals surface area (Å²) < 4.78 is 11.0. The van der Waals surface area contributed by atoms with Gasteiger partial charge < -0.3 is 14.6 Å². The molecule has 0 spiro atoms. The van der Waals surface area contributed by atoms with Crippen molar-refractivity contribution in [1.82, 2.24) is 0 Å². The van der Waals surface area contributed by atoms with Crippen molar-refractivity contribution in [2.75, 3.05) is 13.2 Å². The molecule has 0 bridgehead atoms. The first kappa shape index (κ1) is 19.4. The molecule has 142 valence electrons. The summed E-state index contributed by atoms with van der Waals surface area (Å²) in [4.78, 5) is 12.3. The molecule has 0 saturated carbocycles. The molecule has 0 radical (unpaired) electrons. The van der Waals surface area contributed by atoms with Gasteiger partial charge in [-0.15, -0.1) is 0 Å². The maximum Gasteiger partial charge on any atom is 0.336 e. The van der Waals surface area contributed by atoms with Crippen molar-refractivity contribution < 1.29 is 19.4 Å². The molecule has 3 aromatic carbocycles. The predicted molar refractivity (Wildman–Crippen MR) is 110 cm³/mol. The Balaban J connectivity index is 1.63. The molecule has 3 rings (SSSR count). The monoisotopic (exact) mass is 374 g/mol. The highest BCUT2D eigenvalue weighted by atomic mass is 16.5. The highest BCUT2D eigenvalue weighted by Gasteiger charge is 2.08. The lowest BCUT2D eigenvalue weighted by atomic mass is 10.1. The van der Waals surface area contributed by atoms with Crippen LogP contribution >= 0.6 is 0 Å². The van der Waals surface area contributed by atoms with Gasteiger partial charge in [-0.05, 0) is 35.4 Å². The van der Waals surface area contributed by atoms with Gasteiger partial charge in [-0.1, -0.05) is 60.7 Å². The lowest BCUT2D eigenvalue weighted by Crippen LogP contribution is -2.04. The summed E-state index contributed by atoms with van der Waals surface area (Å²) in [6, 6.07) is 24.6. The van der Waals surface area contributed by atoms with Crippen LogP contribution in [-0.2, 0) is 4.79 Å². The van der Waals surface area contributed by atoms with Crippen LogP contribution in [0.25, 0.3) is 17.2 Å². The van der Waals surface area contributed by atoms with Crippen molar-refractivity contribution in [3.63, 3.8) is 0 Å². The summed E-state index contributed by atoms with van der Waals surface area (Å²) in [6.45, 7) is 0.579. The number of rotatable bonds is 8. The first-order valence-corrected chi connectivity index (χ1v) is 9.14. The second kappa shape index (κ2) is 10.1. The first-order valence-electron chi connectivity index (χ1n) is 9.14. The number of para-hydroxylation sites is 1. The number of hydrogen-bond donors (Lipinski definition) is 1. The Labute approximate surface area is 164 Å². The highest BCUT2D eigenvalue weighted by Crippen LogP contribution is 2.29. The second-order valence-corrected chi connectivity index (χ2v) is 6.11. The van der Waals surface area contributed by atoms with E-state index in [2.05, 4.69) is 0 Å². The molecule has 0 heterocycles. The summed E-state index contributed by atoms with van der Waals surface area (Å²) in [5, 5.41) is 8.77. The van der Waals surface area contributed by atoms with E-state index in [1.807, 2.05) is 72.8 Å². The van der Waals surface area contributed by atoms with E-state index in [1.165, 1.54) is 6.08 Å². The van der Waals surface area contributed by atoms with Crippen molar-refractivity contribution in [2.45, 2.75) is 6.42 Å². The summed E-state index contributed by atoms with van der Waals surface area (Å²) in [6.07, 6.45) is 3.70. The van der Waals surface area contributed by atoms with Gasteiger partial charge in [0, 0.05) is 24.7 Å². The smallest absolute Gasteiger partial charge is 0.336 e. The van der Waals surface area contributed by atoms with Crippen LogP contribution in [0, 0.1) is 0 Å². The second-order valence-electron chi connectivity index (χ2n) is 6.11. The summed E-state index contributed by atoms with van der Waals surface area (Å²) in [7, 11) is 0.